The summed E-state index contributed by atoms with van der Waals surface area (Å²) >= 11 is 5.44. The van der Waals surface area contributed by atoms with Gasteiger partial charge in [-0.25, -0.2) is 0 Å². The van der Waals surface area contributed by atoms with Gasteiger partial charge in [-0.3, -0.25) is 0 Å². The first kappa shape index (κ1) is 18.7. The van der Waals surface area contributed by atoms with E-state index in [-0.39, 0.29) is 5.54 Å². The van der Waals surface area contributed by atoms with Crippen LogP contribution in [0.4, 0.5) is 18.9 Å². The number of aryl methyl sites for hydroxylation is 1. The Bertz CT molecular complexity index is 778. The van der Waals surface area contributed by atoms with Gasteiger partial charge in [-0.1, -0.05) is 42.7 Å². The van der Waals surface area contributed by atoms with Crippen molar-refractivity contribution < 1.29 is 13.2 Å². The van der Waals surface area contributed by atoms with Gasteiger partial charge in [0.15, 0.2) is 5.11 Å². The van der Waals surface area contributed by atoms with Crippen LogP contribution in [0.25, 0.3) is 0 Å². The smallest absolute Gasteiger partial charge is 0.353 e. The fraction of sp³-hybridized carbons (Fsp3) is 0.350. The lowest BCUT2D eigenvalue weighted by Crippen LogP contribution is -2.45. The molecule has 3 rings (SSSR count). The molecule has 0 bridgehead atoms. The van der Waals surface area contributed by atoms with Crippen molar-refractivity contribution in [1.82, 2.24) is 5.32 Å². The summed E-state index contributed by atoms with van der Waals surface area (Å²) in [4.78, 5) is 0. The molecule has 138 valence electrons. The molecule has 1 saturated carbocycles. The van der Waals surface area contributed by atoms with Crippen molar-refractivity contribution in [1.29, 1.82) is 0 Å². The molecule has 1 aliphatic carbocycles. The first-order valence-corrected chi connectivity index (χ1v) is 9.03. The number of alkyl halides is 3. The van der Waals surface area contributed by atoms with E-state index in [1.165, 1.54) is 23.3 Å². The van der Waals surface area contributed by atoms with Crippen LogP contribution < -0.4 is 10.6 Å². The molecule has 0 aliphatic heterocycles. The molecule has 6 heteroatoms. The lowest BCUT2D eigenvalue weighted by molar-refractivity contribution is -0.137. The van der Waals surface area contributed by atoms with Crippen LogP contribution >= 0.6 is 12.2 Å². The van der Waals surface area contributed by atoms with Crippen molar-refractivity contribution in [3.63, 3.8) is 0 Å². The predicted molar refractivity (Wildman–Crippen MR) is 102 cm³/mol. The molecular formula is C20H21F3N2S. The van der Waals surface area contributed by atoms with E-state index in [0.29, 0.717) is 10.8 Å². The third-order valence-electron chi connectivity index (χ3n) is 4.85. The van der Waals surface area contributed by atoms with E-state index < -0.39 is 11.7 Å². The van der Waals surface area contributed by atoms with Crippen molar-refractivity contribution in [2.24, 2.45) is 0 Å². The summed E-state index contributed by atoms with van der Waals surface area (Å²) in [7, 11) is 0. The SMILES string of the molecule is Cc1cccc(C2(NC(=S)Nc3ccc(C(F)(F)F)cc3)CCCC2)c1. The van der Waals surface area contributed by atoms with Crippen molar-refractivity contribution >= 4 is 23.0 Å². The van der Waals surface area contributed by atoms with Gasteiger partial charge in [-0.2, -0.15) is 13.2 Å². The average Bonchev–Trinajstić information content (AvgIpc) is 3.04. The number of thiocarbonyl (C=S) groups is 1. The highest BCUT2D eigenvalue weighted by Gasteiger charge is 2.36. The molecule has 0 saturated heterocycles. The maximum absolute atomic E-state index is 12.7. The zero-order valence-corrected chi connectivity index (χ0v) is 15.3. The summed E-state index contributed by atoms with van der Waals surface area (Å²) in [5, 5.41) is 6.86. The Labute approximate surface area is 156 Å². The van der Waals surface area contributed by atoms with Gasteiger partial charge in [-0.15, -0.1) is 0 Å². The van der Waals surface area contributed by atoms with Crippen LogP contribution in [0.15, 0.2) is 48.5 Å². The number of hydrogen-bond donors (Lipinski definition) is 2. The van der Waals surface area contributed by atoms with Crippen LogP contribution in [-0.4, -0.2) is 5.11 Å². The fourth-order valence-electron chi connectivity index (χ4n) is 3.53. The lowest BCUT2D eigenvalue weighted by atomic mass is 9.87. The van der Waals surface area contributed by atoms with Gasteiger partial charge < -0.3 is 10.6 Å². The Hall–Kier alpha value is -2.08. The molecule has 2 aromatic rings. The molecule has 2 aromatic carbocycles. The number of nitrogens with one attached hydrogen (secondary N) is 2. The Morgan fingerprint density at radius 1 is 1.04 bits per heavy atom. The van der Waals surface area contributed by atoms with Gasteiger partial charge in [0.05, 0.1) is 11.1 Å². The molecule has 0 heterocycles. The van der Waals surface area contributed by atoms with E-state index >= 15 is 0 Å². The quantitative estimate of drug-likeness (QED) is 0.663. The second kappa shape index (κ2) is 7.27. The van der Waals surface area contributed by atoms with Crippen LogP contribution in [-0.2, 0) is 11.7 Å². The van der Waals surface area contributed by atoms with Crippen molar-refractivity contribution in [2.45, 2.75) is 44.3 Å². The maximum atomic E-state index is 12.7. The van der Waals surface area contributed by atoms with Crippen molar-refractivity contribution in [2.75, 3.05) is 5.32 Å². The Morgan fingerprint density at radius 2 is 1.69 bits per heavy atom. The minimum atomic E-state index is -4.34. The van der Waals surface area contributed by atoms with E-state index in [2.05, 4.69) is 35.8 Å². The molecule has 0 atom stereocenters. The molecule has 0 radical (unpaired) electrons. The molecule has 1 aliphatic rings. The highest BCUT2D eigenvalue weighted by Crippen LogP contribution is 2.39. The van der Waals surface area contributed by atoms with Crippen molar-refractivity contribution in [3.05, 3.63) is 65.2 Å². The number of hydrogen-bond acceptors (Lipinski definition) is 1. The van der Waals surface area contributed by atoms with E-state index in [1.807, 2.05) is 6.07 Å². The van der Waals surface area contributed by atoms with Gasteiger partial charge >= 0.3 is 6.18 Å². The molecular weight excluding hydrogens is 357 g/mol. The van der Waals surface area contributed by atoms with Gasteiger partial charge in [0.25, 0.3) is 0 Å². The number of benzene rings is 2. The Kier molecular flexibility index (Phi) is 5.23. The van der Waals surface area contributed by atoms with E-state index in [4.69, 9.17) is 12.2 Å². The zero-order valence-electron chi connectivity index (χ0n) is 14.5. The summed E-state index contributed by atoms with van der Waals surface area (Å²) in [6, 6.07) is 13.3. The summed E-state index contributed by atoms with van der Waals surface area (Å²) < 4.78 is 38.0. The average molecular weight is 378 g/mol. The van der Waals surface area contributed by atoms with E-state index in [9.17, 15) is 13.2 Å². The van der Waals surface area contributed by atoms with Gasteiger partial charge in [0, 0.05) is 5.69 Å². The molecule has 0 aromatic heterocycles. The lowest BCUT2D eigenvalue weighted by Gasteiger charge is -2.33. The largest absolute Gasteiger partial charge is 0.416 e. The van der Waals surface area contributed by atoms with Crippen LogP contribution in [0.5, 0.6) is 0 Å². The second-order valence-electron chi connectivity index (χ2n) is 6.81. The predicted octanol–water partition coefficient (Wildman–Crippen LogP) is 5.77. The van der Waals surface area contributed by atoms with Crippen LogP contribution in [0, 0.1) is 6.92 Å². The molecule has 0 spiro atoms. The highest BCUT2D eigenvalue weighted by atomic mass is 32.1. The van der Waals surface area contributed by atoms with Crippen LogP contribution in [0.2, 0.25) is 0 Å². The standard InChI is InChI=1S/C20H21F3N2S/c1-14-5-4-6-16(13-14)19(11-2-3-12-19)25-18(26)24-17-9-7-15(8-10-17)20(21,22)23/h4-10,13H,2-3,11-12H2,1H3,(H2,24,25,26). The fourth-order valence-corrected chi connectivity index (χ4v) is 3.84. The number of rotatable bonds is 3. The van der Waals surface area contributed by atoms with E-state index in [1.54, 1.807) is 0 Å². The topological polar surface area (TPSA) is 24.1 Å². The first-order valence-electron chi connectivity index (χ1n) is 8.62. The number of anilines is 1. The monoisotopic (exact) mass is 378 g/mol. The Balaban J connectivity index is 1.73. The van der Waals surface area contributed by atoms with E-state index in [0.717, 1.165) is 37.8 Å². The third-order valence-corrected chi connectivity index (χ3v) is 5.05. The molecule has 26 heavy (non-hydrogen) atoms. The first-order chi connectivity index (χ1) is 12.3. The highest BCUT2D eigenvalue weighted by molar-refractivity contribution is 7.80. The molecule has 2 N–H and O–H groups in total. The minimum Gasteiger partial charge on any atom is -0.353 e. The second-order valence-corrected chi connectivity index (χ2v) is 7.22. The number of halogens is 3. The van der Waals surface area contributed by atoms with Gasteiger partial charge in [0.2, 0.25) is 0 Å². The van der Waals surface area contributed by atoms with Gasteiger partial charge in [0.1, 0.15) is 0 Å². The van der Waals surface area contributed by atoms with Crippen LogP contribution in [0.3, 0.4) is 0 Å². The summed E-state index contributed by atoms with van der Waals surface area (Å²) in [6.07, 6.45) is -0.152. The zero-order chi connectivity index (χ0) is 18.8. The molecule has 0 amide bonds. The van der Waals surface area contributed by atoms with Crippen LogP contribution in [0.1, 0.15) is 42.4 Å². The van der Waals surface area contributed by atoms with Crippen molar-refractivity contribution in [3.8, 4) is 0 Å². The summed E-state index contributed by atoms with van der Waals surface area (Å²) in [5.41, 5.74) is 2.03. The van der Waals surface area contributed by atoms with Gasteiger partial charge in [-0.05, 0) is 61.8 Å². The third kappa shape index (κ3) is 4.18. The summed E-state index contributed by atoms with van der Waals surface area (Å²) in [6.45, 7) is 2.06. The molecule has 1 fully saturated rings. The summed E-state index contributed by atoms with van der Waals surface area (Å²) in [5.74, 6) is 0. The Morgan fingerprint density at radius 3 is 2.27 bits per heavy atom. The maximum Gasteiger partial charge on any atom is 0.416 e. The normalized spacial score (nSPS) is 16.3. The molecule has 0 unspecified atom stereocenters. The minimum absolute atomic E-state index is 0.220. The molecule has 2 nitrogen and oxygen atoms in total.